The first-order valence-electron chi connectivity index (χ1n) is 6.77. The molecule has 0 aromatic heterocycles. The Morgan fingerprint density at radius 2 is 1.62 bits per heavy atom. The highest BCUT2D eigenvalue weighted by Crippen LogP contribution is 2.34. The van der Waals surface area contributed by atoms with E-state index >= 15 is 0 Å². The molecule has 0 heterocycles. The first-order chi connectivity index (χ1) is 10.1. The van der Waals surface area contributed by atoms with Crippen LogP contribution in [0.3, 0.4) is 0 Å². The van der Waals surface area contributed by atoms with E-state index in [1.807, 2.05) is 37.3 Å². The van der Waals surface area contributed by atoms with Crippen molar-refractivity contribution in [2.45, 2.75) is 13.0 Å². The lowest BCUT2D eigenvalue weighted by molar-refractivity contribution is 0.870. The summed E-state index contributed by atoms with van der Waals surface area (Å²) in [6.45, 7) is 2.01. The van der Waals surface area contributed by atoms with E-state index < -0.39 is 0 Å². The molecule has 3 rings (SSSR count). The second kappa shape index (κ2) is 5.80. The zero-order valence-electron chi connectivity index (χ0n) is 11.6. The van der Waals surface area contributed by atoms with Crippen molar-refractivity contribution in [2.75, 3.05) is 0 Å². The zero-order valence-corrected chi connectivity index (χ0v) is 13.9. The summed E-state index contributed by atoms with van der Waals surface area (Å²) in [6, 6.07) is 18.1. The fraction of sp³-hybridized carbons (Fsp3) is 0.111. The van der Waals surface area contributed by atoms with Gasteiger partial charge in [0.05, 0.1) is 6.04 Å². The van der Waals surface area contributed by atoms with Crippen LogP contribution in [0.4, 0.5) is 0 Å². The van der Waals surface area contributed by atoms with E-state index in [4.69, 9.17) is 17.3 Å². The van der Waals surface area contributed by atoms with Crippen LogP contribution < -0.4 is 5.73 Å². The minimum absolute atomic E-state index is 0.193. The van der Waals surface area contributed by atoms with Gasteiger partial charge in [-0.2, -0.15) is 0 Å². The molecule has 0 saturated heterocycles. The van der Waals surface area contributed by atoms with E-state index in [1.165, 1.54) is 10.8 Å². The van der Waals surface area contributed by atoms with Gasteiger partial charge in [-0.1, -0.05) is 70.0 Å². The molecule has 0 spiro atoms. The number of nitrogens with two attached hydrogens (primary N) is 1. The number of hydrogen-bond acceptors (Lipinski definition) is 1. The third kappa shape index (κ3) is 2.59. The van der Waals surface area contributed by atoms with Crippen LogP contribution in [0, 0.1) is 6.92 Å². The van der Waals surface area contributed by atoms with Crippen LogP contribution in [0.1, 0.15) is 22.7 Å². The molecule has 0 saturated carbocycles. The molecule has 3 heteroatoms. The second-order valence-corrected chi connectivity index (χ2v) is 6.38. The number of rotatable bonds is 2. The Morgan fingerprint density at radius 3 is 2.38 bits per heavy atom. The van der Waals surface area contributed by atoms with Crippen LogP contribution in [-0.4, -0.2) is 0 Å². The summed E-state index contributed by atoms with van der Waals surface area (Å²) < 4.78 is 1.08. The Hall–Kier alpha value is -1.35. The van der Waals surface area contributed by atoms with Gasteiger partial charge in [0.25, 0.3) is 0 Å². The Balaban J connectivity index is 2.21. The maximum absolute atomic E-state index is 6.53. The lowest BCUT2D eigenvalue weighted by atomic mass is 9.92. The summed E-state index contributed by atoms with van der Waals surface area (Å²) in [4.78, 5) is 0. The molecule has 1 nitrogen and oxygen atoms in total. The maximum Gasteiger partial charge on any atom is 0.0560 e. The van der Waals surface area contributed by atoms with E-state index in [2.05, 4.69) is 40.2 Å². The van der Waals surface area contributed by atoms with E-state index in [-0.39, 0.29) is 6.04 Å². The SMILES string of the molecule is Cc1c(Cl)cccc1C(N)c1ccc(Br)c2ccccc12. The molecule has 0 aliphatic heterocycles. The normalized spacial score (nSPS) is 12.6. The minimum Gasteiger partial charge on any atom is -0.320 e. The van der Waals surface area contributed by atoms with Crippen LogP contribution in [0.15, 0.2) is 59.1 Å². The largest absolute Gasteiger partial charge is 0.320 e. The molecule has 0 radical (unpaired) electrons. The summed E-state index contributed by atoms with van der Waals surface area (Å²) in [6.07, 6.45) is 0. The van der Waals surface area contributed by atoms with Crippen molar-refractivity contribution in [1.29, 1.82) is 0 Å². The number of fused-ring (bicyclic) bond motifs is 1. The van der Waals surface area contributed by atoms with E-state index in [0.717, 1.165) is 26.2 Å². The monoisotopic (exact) mass is 359 g/mol. The van der Waals surface area contributed by atoms with Crippen molar-refractivity contribution >= 4 is 38.3 Å². The molecule has 3 aromatic carbocycles. The van der Waals surface area contributed by atoms with Crippen molar-refractivity contribution in [2.24, 2.45) is 5.73 Å². The lowest BCUT2D eigenvalue weighted by Gasteiger charge is -2.18. The van der Waals surface area contributed by atoms with Gasteiger partial charge in [-0.3, -0.25) is 0 Å². The average molecular weight is 361 g/mol. The smallest absolute Gasteiger partial charge is 0.0560 e. The highest BCUT2D eigenvalue weighted by atomic mass is 79.9. The van der Waals surface area contributed by atoms with Gasteiger partial charge >= 0.3 is 0 Å². The van der Waals surface area contributed by atoms with Crippen molar-refractivity contribution in [1.82, 2.24) is 0 Å². The van der Waals surface area contributed by atoms with Gasteiger partial charge in [0.15, 0.2) is 0 Å². The molecule has 0 aliphatic rings. The van der Waals surface area contributed by atoms with E-state index in [1.54, 1.807) is 0 Å². The standard InChI is InChI=1S/C18H15BrClN/c1-11-12(7-4-8-17(11)20)18(21)15-9-10-16(19)14-6-3-2-5-13(14)15/h2-10,18H,21H2,1H3. The lowest BCUT2D eigenvalue weighted by Crippen LogP contribution is -2.14. The summed E-state index contributed by atoms with van der Waals surface area (Å²) in [5, 5.41) is 3.09. The molecule has 1 unspecified atom stereocenters. The number of hydrogen-bond donors (Lipinski definition) is 1. The predicted molar refractivity (Wildman–Crippen MR) is 93.9 cm³/mol. The Labute approximate surface area is 137 Å². The minimum atomic E-state index is -0.193. The van der Waals surface area contributed by atoms with Gasteiger partial charge in [-0.25, -0.2) is 0 Å². The quantitative estimate of drug-likeness (QED) is 0.631. The fourth-order valence-corrected chi connectivity index (χ4v) is 3.35. The molecule has 21 heavy (non-hydrogen) atoms. The van der Waals surface area contributed by atoms with Crippen molar-refractivity contribution in [3.05, 3.63) is 80.8 Å². The third-order valence-corrected chi connectivity index (χ3v) is 4.99. The summed E-state index contributed by atoms with van der Waals surface area (Å²) in [5.41, 5.74) is 9.74. The maximum atomic E-state index is 6.53. The van der Waals surface area contributed by atoms with Crippen LogP contribution in [0.2, 0.25) is 5.02 Å². The first-order valence-corrected chi connectivity index (χ1v) is 7.94. The van der Waals surface area contributed by atoms with Crippen LogP contribution in [0.5, 0.6) is 0 Å². The average Bonchev–Trinajstić information content (AvgIpc) is 2.50. The Kier molecular flexibility index (Phi) is 4.03. The number of halogens is 2. The molecule has 3 aromatic rings. The van der Waals surface area contributed by atoms with Crippen molar-refractivity contribution < 1.29 is 0 Å². The molecule has 0 amide bonds. The van der Waals surface area contributed by atoms with E-state index in [9.17, 15) is 0 Å². The van der Waals surface area contributed by atoms with Crippen molar-refractivity contribution in [3.63, 3.8) is 0 Å². The zero-order chi connectivity index (χ0) is 15.0. The molecular formula is C18H15BrClN. The topological polar surface area (TPSA) is 26.0 Å². The summed E-state index contributed by atoms with van der Waals surface area (Å²) >= 11 is 9.83. The molecule has 0 fully saturated rings. The van der Waals surface area contributed by atoms with Crippen LogP contribution in [0.25, 0.3) is 10.8 Å². The van der Waals surface area contributed by atoms with Crippen molar-refractivity contribution in [3.8, 4) is 0 Å². The van der Waals surface area contributed by atoms with Crippen LogP contribution >= 0.6 is 27.5 Å². The van der Waals surface area contributed by atoms with Gasteiger partial charge in [0.1, 0.15) is 0 Å². The molecule has 0 aliphatic carbocycles. The molecule has 2 N–H and O–H groups in total. The summed E-state index contributed by atoms with van der Waals surface area (Å²) in [7, 11) is 0. The Bertz CT molecular complexity index is 813. The number of benzene rings is 3. The molecule has 1 atom stereocenters. The predicted octanol–water partition coefficient (Wildman–Crippen LogP) is 5.61. The fourth-order valence-electron chi connectivity index (χ4n) is 2.69. The molecule has 106 valence electrons. The van der Waals surface area contributed by atoms with Gasteiger partial charge in [0, 0.05) is 9.50 Å². The third-order valence-electron chi connectivity index (χ3n) is 3.88. The van der Waals surface area contributed by atoms with Crippen LogP contribution in [-0.2, 0) is 0 Å². The van der Waals surface area contributed by atoms with Gasteiger partial charge in [0.2, 0.25) is 0 Å². The Morgan fingerprint density at radius 1 is 0.905 bits per heavy atom. The molecule has 0 bridgehead atoms. The second-order valence-electron chi connectivity index (χ2n) is 5.11. The highest BCUT2D eigenvalue weighted by Gasteiger charge is 2.16. The van der Waals surface area contributed by atoms with E-state index in [0.29, 0.717) is 0 Å². The molecular weight excluding hydrogens is 346 g/mol. The van der Waals surface area contributed by atoms with Gasteiger partial charge in [-0.05, 0) is 46.5 Å². The van der Waals surface area contributed by atoms with Gasteiger partial charge in [-0.15, -0.1) is 0 Å². The first kappa shape index (κ1) is 14.6. The highest BCUT2D eigenvalue weighted by molar-refractivity contribution is 9.10. The van der Waals surface area contributed by atoms with Gasteiger partial charge < -0.3 is 5.73 Å². The summed E-state index contributed by atoms with van der Waals surface area (Å²) in [5.74, 6) is 0.